The molecule has 0 saturated heterocycles. The highest BCUT2D eigenvalue weighted by Crippen LogP contribution is 3.09. The summed E-state index contributed by atoms with van der Waals surface area (Å²) in [7, 11) is 1.53. The van der Waals surface area contributed by atoms with Gasteiger partial charge in [0.05, 0.1) is 24.4 Å². The molecule has 0 amide bonds. The minimum absolute atomic E-state index is 0.0195. The molecule has 6 aliphatic rings. The summed E-state index contributed by atoms with van der Waals surface area (Å²) in [6.45, 7) is 0. The van der Waals surface area contributed by atoms with E-state index in [1.165, 1.54) is 7.11 Å². The molecule has 1 aromatic rings. The Morgan fingerprint density at radius 2 is 1.94 bits per heavy atom. The molecule has 6 saturated carbocycles. The van der Waals surface area contributed by atoms with Gasteiger partial charge in [0, 0.05) is 6.20 Å². The first kappa shape index (κ1) is 9.13. The lowest BCUT2D eigenvalue weighted by Gasteiger charge is -3.09. The molecule has 0 spiro atoms. The average Bonchev–Trinajstić information content (AvgIpc) is 2.84. The Morgan fingerprint density at radius 3 is 2.39 bits per heavy atom. The van der Waals surface area contributed by atoms with Crippen LogP contribution in [0.5, 0.6) is 0 Å². The predicted molar refractivity (Wildman–Crippen MR) is 63.3 cm³/mol. The Labute approximate surface area is 112 Å². The van der Waals surface area contributed by atoms with Crippen LogP contribution in [0.25, 0.3) is 0 Å². The van der Waals surface area contributed by atoms with Crippen molar-refractivity contribution in [1.82, 2.24) is 9.55 Å². The fourth-order valence-electron chi connectivity index (χ4n) is 7.08. The Kier molecular flexibility index (Phi) is 1.06. The molecule has 92 valence electrons. The first-order chi connectivity index (χ1) is 8.71. The molecule has 1 heterocycles. The normalized spacial score (nSPS) is 62.6. The fraction of sp³-hybridized carbons (Fsp3) is 0.692. The van der Waals surface area contributed by atoms with Gasteiger partial charge in [-0.2, -0.15) is 0 Å². The number of halogens is 1. The second-order valence-corrected chi connectivity index (χ2v) is 7.38. The third-order valence-electron chi connectivity index (χ3n) is 7.12. The van der Waals surface area contributed by atoms with Gasteiger partial charge in [-0.05, 0) is 51.4 Å². The molecule has 6 fully saturated rings. The van der Waals surface area contributed by atoms with Crippen molar-refractivity contribution in [1.29, 1.82) is 0 Å². The van der Waals surface area contributed by atoms with Crippen LogP contribution in [0.1, 0.15) is 0 Å². The number of nitrogens with zero attached hydrogens (tertiary/aromatic N) is 2. The molecule has 0 aromatic carbocycles. The summed E-state index contributed by atoms with van der Waals surface area (Å²) in [5.41, 5.74) is 0.336. The number of aromatic nitrogens is 2. The van der Waals surface area contributed by atoms with Crippen LogP contribution in [0.2, 0.25) is 0 Å². The Hall–Kier alpha value is -0.840. The summed E-state index contributed by atoms with van der Waals surface area (Å²) in [5, 5.41) is 0. The molecule has 1 aromatic heterocycles. The van der Waals surface area contributed by atoms with Gasteiger partial charge in [0.2, 0.25) is 0 Å². The van der Waals surface area contributed by atoms with Crippen molar-refractivity contribution in [3.63, 3.8) is 0 Å². The van der Waals surface area contributed by atoms with Gasteiger partial charge >= 0.3 is 5.97 Å². The van der Waals surface area contributed by atoms with Crippen LogP contribution in [0.15, 0.2) is 17.1 Å². The number of carbonyl (C=O) groups is 1. The quantitative estimate of drug-likeness (QED) is 0.773. The number of rotatable bonds is 2. The van der Waals surface area contributed by atoms with Crippen LogP contribution in [0, 0.1) is 40.9 Å². The maximum Gasteiger partial charge on any atom is 0.312 e. The number of ether oxygens (including phenoxy) is 1. The molecular weight excluding hydrogens is 296 g/mol. The minimum Gasteiger partial charge on any atom is -0.469 e. The number of hydrogen-bond donors (Lipinski definition) is 0. The molecule has 0 radical (unpaired) electrons. The predicted octanol–water partition coefficient (Wildman–Crippen LogP) is 1.27. The van der Waals surface area contributed by atoms with Crippen molar-refractivity contribution < 1.29 is 9.53 Å². The van der Waals surface area contributed by atoms with Crippen LogP contribution in [-0.2, 0) is 15.1 Å². The lowest BCUT2D eigenvalue weighted by atomic mass is 8.94. The first-order valence-electron chi connectivity index (χ1n) is 6.50. The van der Waals surface area contributed by atoms with E-state index in [1.807, 2.05) is 6.33 Å². The SMILES string of the molecule is COC(=O)C12C3C4C1C1C2C3C41n1cnc(Br)c1. The number of esters is 1. The van der Waals surface area contributed by atoms with Crippen molar-refractivity contribution >= 4 is 21.9 Å². The summed E-state index contributed by atoms with van der Waals surface area (Å²) >= 11 is 3.43. The van der Waals surface area contributed by atoms with E-state index < -0.39 is 0 Å². The average molecular weight is 307 g/mol. The van der Waals surface area contributed by atoms with E-state index in [2.05, 4.69) is 31.7 Å². The summed E-state index contributed by atoms with van der Waals surface area (Å²) in [6.07, 6.45) is 4.06. The summed E-state index contributed by atoms with van der Waals surface area (Å²) in [5.74, 6) is 4.17. The summed E-state index contributed by atoms with van der Waals surface area (Å²) in [6, 6.07) is 0. The summed E-state index contributed by atoms with van der Waals surface area (Å²) < 4.78 is 8.27. The highest BCUT2D eigenvalue weighted by atomic mass is 79.9. The van der Waals surface area contributed by atoms with Crippen LogP contribution >= 0.6 is 15.9 Å². The minimum atomic E-state index is -0.0195. The standard InChI is InChI=1S/C13H11BrN2O2/c1-18-11(17)12-5-8-6(12)10-7(12)9(5)13(8,10)16-2-4(14)15-3-16/h2-3,5-10H,1H3. The van der Waals surface area contributed by atoms with Crippen LogP contribution in [0.4, 0.5) is 0 Å². The number of imidazole rings is 1. The molecule has 0 unspecified atom stereocenters. The smallest absolute Gasteiger partial charge is 0.312 e. The highest BCUT2D eigenvalue weighted by molar-refractivity contribution is 9.10. The molecule has 0 bridgehead atoms. The van der Waals surface area contributed by atoms with Crippen molar-refractivity contribution in [2.24, 2.45) is 40.9 Å². The lowest BCUT2D eigenvalue weighted by Crippen LogP contribution is -3.13. The van der Waals surface area contributed by atoms with E-state index in [0.717, 1.165) is 22.4 Å². The van der Waals surface area contributed by atoms with Gasteiger partial charge in [-0.15, -0.1) is 0 Å². The molecule has 18 heavy (non-hydrogen) atoms. The van der Waals surface area contributed by atoms with Gasteiger partial charge in [-0.1, -0.05) is 0 Å². The second kappa shape index (κ2) is 2.09. The van der Waals surface area contributed by atoms with Gasteiger partial charge in [0.25, 0.3) is 0 Å². The molecule has 0 N–H and O–H groups in total. The van der Waals surface area contributed by atoms with Crippen LogP contribution in [0.3, 0.4) is 0 Å². The molecule has 4 nitrogen and oxygen atoms in total. The maximum absolute atomic E-state index is 12.0. The zero-order valence-corrected chi connectivity index (χ0v) is 11.3. The maximum atomic E-state index is 12.0. The van der Waals surface area contributed by atoms with Crippen molar-refractivity contribution in [2.75, 3.05) is 7.11 Å². The van der Waals surface area contributed by atoms with Crippen molar-refractivity contribution in [3.05, 3.63) is 17.1 Å². The van der Waals surface area contributed by atoms with Crippen LogP contribution < -0.4 is 0 Å². The molecule has 6 aliphatic carbocycles. The third kappa shape index (κ3) is 0.450. The molecule has 5 heteroatoms. The van der Waals surface area contributed by atoms with E-state index in [0.29, 0.717) is 23.3 Å². The lowest BCUT2D eigenvalue weighted by molar-refractivity contribution is -0.631. The first-order valence-corrected chi connectivity index (χ1v) is 7.29. The zero-order chi connectivity index (χ0) is 12.0. The number of carbonyl (C=O) groups excluding carboxylic acids is 1. The van der Waals surface area contributed by atoms with Gasteiger partial charge in [0.15, 0.2) is 0 Å². The Bertz CT molecular complexity index is 598. The van der Waals surface area contributed by atoms with E-state index in [-0.39, 0.29) is 11.4 Å². The van der Waals surface area contributed by atoms with E-state index in [4.69, 9.17) is 4.74 Å². The molecule has 0 aliphatic heterocycles. The Morgan fingerprint density at radius 1 is 1.33 bits per heavy atom. The van der Waals surface area contributed by atoms with Gasteiger partial charge in [0.1, 0.15) is 4.60 Å². The van der Waals surface area contributed by atoms with E-state index >= 15 is 0 Å². The topological polar surface area (TPSA) is 44.1 Å². The zero-order valence-electron chi connectivity index (χ0n) is 9.71. The van der Waals surface area contributed by atoms with E-state index in [1.54, 1.807) is 0 Å². The van der Waals surface area contributed by atoms with Gasteiger partial charge in [-0.25, -0.2) is 4.98 Å². The molecule has 0 atom stereocenters. The third-order valence-corrected chi connectivity index (χ3v) is 7.52. The molecule has 7 rings (SSSR count). The largest absolute Gasteiger partial charge is 0.469 e. The van der Waals surface area contributed by atoms with E-state index in [9.17, 15) is 4.79 Å². The van der Waals surface area contributed by atoms with Crippen LogP contribution in [-0.4, -0.2) is 22.6 Å². The van der Waals surface area contributed by atoms with Crippen molar-refractivity contribution in [3.8, 4) is 0 Å². The van der Waals surface area contributed by atoms with Gasteiger partial charge in [-0.3, -0.25) is 4.79 Å². The fourth-order valence-corrected chi connectivity index (χ4v) is 7.39. The number of methoxy groups -OCH3 is 1. The molecular formula is C13H11BrN2O2. The monoisotopic (exact) mass is 306 g/mol. The van der Waals surface area contributed by atoms with Crippen molar-refractivity contribution in [2.45, 2.75) is 5.54 Å². The number of hydrogen-bond acceptors (Lipinski definition) is 3. The highest BCUT2D eigenvalue weighted by Gasteiger charge is 3.12. The van der Waals surface area contributed by atoms with Gasteiger partial charge < -0.3 is 9.30 Å². The second-order valence-electron chi connectivity index (χ2n) is 6.57. The Balaban J connectivity index is 1.44. The summed E-state index contributed by atoms with van der Waals surface area (Å²) in [4.78, 5) is 16.3.